The molecule has 1 nitrogen and oxygen atoms in total. The highest BCUT2D eigenvalue weighted by Gasteiger charge is 2.23. The first kappa shape index (κ1) is 26.3. The van der Waals surface area contributed by atoms with Gasteiger partial charge in [0, 0.05) is 31.9 Å². The second-order valence-corrected chi connectivity index (χ2v) is 14.1. The summed E-state index contributed by atoms with van der Waals surface area (Å²) >= 11 is 8.57. The number of anilines is 3. The number of hydrogen-bond donors (Lipinski definition) is 0. The zero-order chi connectivity index (χ0) is 26.4. The van der Waals surface area contributed by atoms with Crippen LogP contribution in [0.5, 0.6) is 0 Å². The van der Waals surface area contributed by atoms with E-state index >= 15 is 0 Å². The summed E-state index contributed by atoms with van der Waals surface area (Å²) in [6.07, 6.45) is 6.73. The van der Waals surface area contributed by atoms with Gasteiger partial charge in [0.2, 0.25) is 0 Å². The van der Waals surface area contributed by atoms with Crippen LogP contribution in [0.3, 0.4) is 0 Å². The smallest absolute Gasteiger partial charge is 0.0647 e. The molecule has 0 bridgehead atoms. The van der Waals surface area contributed by atoms with E-state index in [1.807, 2.05) is 11.3 Å². The van der Waals surface area contributed by atoms with Gasteiger partial charge in [-0.1, -0.05) is 90.6 Å². The van der Waals surface area contributed by atoms with E-state index in [0.29, 0.717) is 5.92 Å². The molecule has 0 aliphatic heterocycles. The summed E-state index contributed by atoms with van der Waals surface area (Å²) in [5.41, 5.74) is 7.70. The fourth-order valence-electron chi connectivity index (χ4n) is 5.55. The lowest BCUT2D eigenvalue weighted by Crippen LogP contribution is -2.15. The first-order chi connectivity index (χ1) is 17.5. The molecule has 1 aliphatic rings. The molecule has 3 heteroatoms. The van der Waals surface area contributed by atoms with Crippen molar-refractivity contribution >= 4 is 50.1 Å². The van der Waals surface area contributed by atoms with Gasteiger partial charge in [0.1, 0.15) is 0 Å². The summed E-state index contributed by atoms with van der Waals surface area (Å²) in [6, 6.07) is 22.9. The summed E-state index contributed by atoms with van der Waals surface area (Å²) < 4.78 is 1.31. The number of fused-ring (bicyclic) bond motifs is 1. The molecule has 194 valence electrons. The van der Waals surface area contributed by atoms with Gasteiger partial charge in [-0.2, -0.15) is 0 Å². The topological polar surface area (TPSA) is 3.24 Å². The first-order valence-electron chi connectivity index (χ1n) is 13.7. The van der Waals surface area contributed by atoms with E-state index in [1.54, 1.807) is 0 Å². The molecule has 0 N–H and O–H groups in total. The molecule has 1 aromatic heterocycles. The minimum absolute atomic E-state index is 0.00623. The van der Waals surface area contributed by atoms with E-state index in [1.165, 1.54) is 70.3 Å². The molecule has 3 aromatic carbocycles. The predicted molar refractivity (Wildman–Crippen MR) is 165 cm³/mol. The van der Waals surface area contributed by atoms with Crippen molar-refractivity contribution in [3.8, 4) is 0 Å². The van der Waals surface area contributed by atoms with E-state index in [-0.39, 0.29) is 10.8 Å². The van der Waals surface area contributed by atoms with Gasteiger partial charge >= 0.3 is 0 Å². The molecule has 4 aromatic rings. The van der Waals surface area contributed by atoms with Crippen LogP contribution in [0.25, 0.3) is 10.1 Å². The number of rotatable bonds is 4. The van der Waals surface area contributed by atoms with Crippen LogP contribution in [0.2, 0.25) is 5.02 Å². The van der Waals surface area contributed by atoms with Crippen molar-refractivity contribution < 1.29 is 0 Å². The Hall–Kier alpha value is -2.29. The van der Waals surface area contributed by atoms with Crippen molar-refractivity contribution in [3.63, 3.8) is 0 Å². The standard InChI is InChI=1S/C34H40ClNS/c1-33(2,3)25-14-17-32-30(20-25)31(22-37-32)36(29-19-26(34(4,5)6)18-27(35)21-29)28-15-12-24(13-16-28)23-10-8-7-9-11-23/h12-23H,7-11H2,1-6H3. The number of thiophene rings is 1. The van der Waals surface area contributed by atoms with Gasteiger partial charge in [-0.15, -0.1) is 11.3 Å². The maximum Gasteiger partial charge on any atom is 0.0647 e. The van der Waals surface area contributed by atoms with Crippen LogP contribution in [-0.4, -0.2) is 0 Å². The lowest BCUT2D eigenvalue weighted by atomic mass is 9.84. The van der Waals surface area contributed by atoms with Gasteiger partial charge in [0.15, 0.2) is 0 Å². The Morgan fingerprint density at radius 2 is 1.41 bits per heavy atom. The number of halogens is 1. The van der Waals surface area contributed by atoms with Gasteiger partial charge in [-0.25, -0.2) is 0 Å². The molecule has 5 rings (SSSR count). The average molecular weight is 530 g/mol. The van der Waals surface area contributed by atoms with Gasteiger partial charge < -0.3 is 4.90 Å². The monoisotopic (exact) mass is 529 g/mol. The minimum atomic E-state index is 0.00623. The second kappa shape index (κ2) is 10.1. The fourth-order valence-corrected chi connectivity index (χ4v) is 6.69. The highest BCUT2D eigenvalue weighted by atomic mass is 35.5. The molecular formula is C34H40ClNS. The van der Waals surface area contributed by atoms with Crippen molar-refractivity contribution in [2.45, 2.75) is 90.4 Å². The molecular weight excluding hydrogens is 490 g/mol. The van der Waals surface area contributed by atoms with E-state index in [0.717, 1.165) is 10.7 Å². The van der Waals surface area contributed by atoms with Crippen LogP contribution >= 0.6 is 22.9 Å². The minimum Gasteiger partial charge on any atom is -0.309 e. The molecule has 0 spiro atoms. The summed E-state index contributed by atoms with van der Waals surface area (Å²) in [5, 5.41) is 4.39. The Kier molecular flexibility index (Phi) is 7.20. The lowest BCUT2D eigenvalue weighted by molar-refractivity contribution is 0.443. The van der Waals surface area contributed by atoms with Crippen molar-refractivity contribution in [1.29, 1.82) is 0 Å². The Morgan fingerprint density at radius 3 is 2.05 bits per heavy atom. The van der Waals surface area contributed by atoms with E-state index in [2.05, 4.69) is 112 Å². The number of hydrogen-bond acceptors (Lipinski definition) is 2. The summed E-state index contributed by atoms with van der Waals surface area (Å²) in [7, 11) is 0. The average Bonchev–Trinajstić information content (AvgIpc) is 3.27. The first-order valence-corrected chi connectivity index (χ1v) is 15.0. The van der Waals surface area contributed by atoms with Gasteiger partial charge in [-0.3, -0.25) is 0 Å². The zero-order valence-corrected chi connectivity index (χ0v) is 24.8. The van der Waals surface area contributed by atoms with Crippen LogP contribution in [0.4, 0.5) is 17.1 Å². The molecule has 0 unspecified atom stereocenters. The number of benzene rings is 3. The van der Waals surface area contributed by atoms with Crippen LogP contribution in [0.1, 0.15) is 96.3 Å². The van der Waals surface area contributed by atoms with Crippen molar-refractivity contribution in [2.24, 2.45) is 0 Å². The Balaban J connectivity index is 1.67. The van der Waals surface area contributed by atoms with Gasteiger partial charge in [0.25, 0.3) is 0 Å². The highest BCUT2D eigenvalue weighted by molar-refractivity contribution is 7.17. The largest absolute Gasteiger partial charge is 0.309 e. The van der Waals surface area contributed by atoms with Crippen molar-refractivity contribution in [1.82, 2.24) is 0 Å². The Morgan fingerprint density at radius 1 is 0.730 bits per heavy atom. The molecule has 0 amide bonds. The third-order valence-electron chi connectivity index (χ3n) is 7.89. The Labute approximate surface area is 232 Å². The predicted octanol–water partition coefficient (Wildman–Crippen LogP) is 11.7. The third kappa shape index (κ3) is 5.61. The van der Waals surface area contributed by atoms with E-state index in [9.17, 15) is 0 Å². The van der Waals surface area contributed by atoms with Crippen molar-refractivity contribution in [3.05, 3.63) is 87.8 Å². The highest BCUT2D eigenvalue weighted by Crippen LogP contribution is 2.45. The number of nitrogens with zero attached hydrogens (tertiary/aromatic N) is 1. The van der Waals surface area contributed by atoms with Gasteiger partial charge in [-0.05, 0) is 88.7 Å². The fraction of sp³-hybridized carbons (Fsp3) is 0.412. The zero-order valence-electron chi connectivity index (χ0n) is 23.2. The molecule has 0 saturated heterocycles. The maximum absolute atomic E-state index is 6.75. The van der Waals surface area contributed by atoms with Crippen LogP contribution in [0, 0.1) is 0 Å². The SMILES string of the molecule is CC(C)(C)c1cc(Cl)cc(N(c2ccc(C3CCCCC3)cc2)c2csc3ccc(C(C)(C)C)cc23)c1. The third-order valence-corrected chi connectivity index (χ3v) is 9.06. The Bertz CT molecular complexity index is 1380. The molecule has 0 atom stereocenters. The molecule has 1 heterocycles. The normalized spacial score (nSPS) is 15.3. The quantitative estimate of drug-likeness (QED) is 0.254. The lowest BCUT2D eigenvalue weighted by Gasteiger charge is -2.29. The van der Waals surface area contributed by atoms with Crippen molar-refractivity contribution in [2.75, 3.05) is 4.90 Å². The van der Waals surface area contributed by atoms with E-state index in [4.69, 9.17) is 11.6 Å². The maximum atomic E-state index is 6.75. The molecule has 37 heavy (non-hydrogen) atoms. The molecule has 1 saturated carbocycles. The molecule has 0 radical (unpaired) electrons. The van der Waals surface area contributed by atoms with E-state index < -0.39 is 0 Å². The molecule has 1 fully saturated rings. The summed E-state index contributed by atoms with van der Waals surface area (Å²) in [6.45, 7) is 13.6. The van der Waals surface area contributed by atoms with Crippen LogP contribution < -0.4 is 4.90 Å². The molecule has 1 aliphatic carbocycles. The van der Waals surface area contributed by atoms with Crippen LogP contribution in [-0.2, 0) is 10.8 Å². The summed E-state index contributed by atoms with van der Waals surface area (Å²) in [5.74, 6) is 0.700. The second-order valence-electron chi connectivity index (χ2n) is 12.8. The summed E-state index contributed by atoms with van der Waals surface area (Å²) in [4.78, 5) is 2.41. The van der Waals surface area contributed by atoms with Crippen LogP contribution in [0.15, 0.2) is 66.0 Å². The van der Waals surface area contributed by atoms with Gasteiger partial charge in [0.05, 0.1) is 5.69 Å².